The molecule has 6 nitrogen and oxygen atoms in total. The molecule has 0 atom stereocenters. The van der Waals surface area contributed by atoms with E-state index >= 15 is 0 Å². The van der Waals surface area contributed by atoms with Crippen LogP contribution in [0.15, 0.2) is 27.7 Å². The molecular formula is C13H16F2IN5O. The van der Waals surface area contributed by atoms with Crippen molar-refractivity contribution in [2.45, 2.75) is 20.0 Å². The average molecular weight is 423 g/mol. The Bertz CT molecular complexity index is 647. The van der Waals surface area contributed by atoms with Crippen LogP contribution in [0.3, 0.4) is 0 Å². The third-order valence-electron chi connectivity index (χ3n) is 2.65. The monoisotopic (exact) mass is 423 g/mol. The van der Waals surface area contributed by atoms with Crippen LogP contribution in [0.1, 0.15) is 17.3 Å². The van der Waals surface area contributed by atoms with Gasteiger partial charge in [0.15, 0.2) is 11.8 Å². The standard InChI is InChI=1S/C13H15F2N5O.HI/c1-8-19-12(21-20-8)7-18-13(16-2)17-6-9-5-10(14)3-4-11(9)15;/h3-5H,6-7H2,1-2H3,(H2,16,17,18);1H. The van der Waals surface area contributed by atoms with E-state index in [0.29, 0.717) is 17.7 Å². The first-order valence-electron chi connectivity index (χ1n) is 6.26. The minimum atomic E-state index is -0.488. The molecule has 0 saturated heterocycles. The summed E-state index contributed by atoms with van der Waals surface area (Å²) in [7, 11) is 1.57. The van der Waals surface area contributed by atoms with Gasteiger partial charge in [0.05, 0.1) is 6.54 Å². The highest BCUT2D eigenvalue weighted by Gasteiger charge is 2.07. The molecule has 0 bridgehead atoms. The third kappa shape index (κ3) is 5.20. The van der Waals surface area contributed by atoms with E-state index < -0.39 is 11.6 Å². The molecular weight excluding hydrogens is 407 g/mol. The average Bonchev–Trinajstić information content (AvgIpc) is 2.88. The fraction of sp³-hybridized carbons (Fsp3) is 0.308. The maximum Gasteiger partial charge on any atom is 0.246 e. The van der Waals surface area contributed by atoms with E-state index in [9.17, 15) is 8.78 Å². The van der Waals surface area contributed by atoms with Gasteiger partial charge >= 0.3 is 0 Å². The minimum absolute atomic E-state index is 0. The van der Waals surface area contributed by atoms with Crippen LogP contribution in [0, 0.1) is 18.6 Å². The number of rotatable bonds is 4. The number of guanidine groups is 1. The fourth-order valence-electron chi connectivity index (χ4n) is 1.65. The van der Waals surface area contributed by atoms with Crippen LogP contribution in [0.5, 0.6) is 0 Å². The van der Waals surface area contributed by atoms with Crippen molar-refractivity contribution in [3.63, 3.8) is 0 Å². The zero-order valence-electron chi connectivity index (χ0n) is 12.1. The summed E-state index contributed by atoms with van der Waals surface area (Å²) in [5.74, 6) is 0.392. The van der Waals surface area contributed by atoms with Crippen LogP contribution < -0.4 is 10.6 Å². The van der Waals surface area contributed by atoms with E-state index in [-0.39, 0.29) is 42.6 Å². The normalized spacial score (nSPS) is 11.0. The lowest BCUT2D eigenvalue weighted by atomic mass is 10.2. The van der Waals surface area contributed by atoms with Crippen molar-refractivity contribution >= 4 is 29.9 Å². The molecule has 0 spiro atoms. The molecule has 2 aromatic rings. The molecule has 1 aromatic heterocycles. The number of hydrogen-bond acceptors (Lipinski definition) is 4. The van der Waals surface area contributed by atoms with Crippen molar-refractivity contribution in [2.24, 2.45) is 4.99 Å². The first kappa shape index (κ1) is 18.3. The van der Waals surface area contributed by atoms with Gasteiger partial charge in [-0.05, 0) is 25.1 Å². The summed E-state index contributed by atoms with van der Waals surface area (Å²) in [6.07, 6.45) is 0. The Morgan fingerprint density at radius 3 is 2.64 bits per heavy atom. The lowest BCUT2D eigenvalue weighted by Crippen LogP contribution is -2.36. The zero-order valence-corrected chi connectivity index (χ0v) is 14.4. The molecule has 0 aliphatic carbocycles. The highest BCUT2D eigenvalue weighted by Crippen LogP contribution is 2.09. The van der Waals surface area contributed by atoms with Crippen LogP contribution in [0.4, 0.5) is 8.78 Å². The number of halogens is 3. The quantitative estimate of drug-likeness (QED) is 0.448. The Kier molecular flexibility index (Phi) is 7.15. The number of benzene rings is 1. The van der Waals surface area contributed by atoms with Gasteiger partial charge in [-0.15, -0.1) is 24.0 Å². The molecule has 120 valence electrons. The van der Waals surface area contributed by atoms with Crippen LogP contribution in [0.25, 0.3) is 0 Å². The van der Waals surface area contributed by atoms with Crippen molar-refractivity contribution < 1.29 is 13.3 Å². The molecule has 0 radical (unpaired) electrons. The molecule has 0 amide bonds. The van der Waals surface area contributed by atoms with Crippen molar-refractivity contribution in [1.82, 2.24) is 20.8 Å². The summed E-state index contributed by atoms with van der Waals surface area (Å²) in [5, 5.41) is 9.46. The first-order valence-corrected chi connectivity index (χ1v) is 6.26. The molecule has 0 unspecified atom stereocenters. The topological polar surface area (TPSA) is 75.3 Å². The molecule has 0 saturated carbocycles. The summed E-state index contributed by atoms with van der Waals surface area (Å²) < 4.78 is 31.5. The molecule has 1 aromatic carbocycles. The molecule has 2 rings (SSSR count). The van der Waals surface area contributed by atoms with Crippen molar-refractivity contribution in [3.8, 4) is 0 Å². The lowest BCUT2D eigenvalue weighted by molar-refractivity contribution is 0.371. The number of aromatic nitrogens is 2. The van der Waals surface area contributed by atoms with Crippen LogP contribution >= 0.6 is 24.0 Å². The molecule has 1 heterocycles. The second-order valence-corrected chi connectivity index (χ2v) is 4.25. The third-order valence-corrected chi connectivity index (χ3v) is 2.65. The Morgan fingerprint density at radius 1 is 1.27 bits per heavy atom. The second-order valence-electron chi connectivity index (χ2n) is 4.25. The van der Waals surface area contributed by atoms with E-state index in [0.717, 1.165) is 18.2 Å². The van der Waals surface area contributed by atoms with Crippen LogP contribution in [0.2, 0.25) is 0 Å². The van der Waals surface area contributed by atoms with Gasteiger partial charge in [0, 0.05) is 19.2 Å². The first-order chi connectivity index (χ1) is 10.1. The number of aryl methyl sites for hydroxylation is 1. The maximum atomic E-state index is 13.5. The Labute approximate surface area is 143 Å². The predicted octanol–water partition coefficient (Wildman–Crippen LogP) is 2.14. The number of aliphatic imine (C=N–C) groups is 1. The van der Waals surface area contributed by atoms with Gasteiger partial charge in [0.1, 0.15) is 11.6 Å². The molecule has 2 N–H and O–H groups in total. The van der Waals surface area contributed by atoms with Gasteiger partial charge in [-0.3, -0.25) is 4.99 Å². The largest absolute Gasteiger partial charge is 0.352 e. The van der Waals surface area contributed by atoms with Gasteiger partial charge in [0.2, 0.25) is 5.89 Å². The van der Waals surface area contributed by atoms with Gasteiger partial charge in [-0.25, -0.2) is 8.78 Å². The van der Waals surface area contributed by atoms with Gasteiger partial charge in [-0.2, -0.15) is 4.98 Å². The predicted molar refractivity (Wildman–Crippen MR) is 87.8 cm³/mol. The van der Waals surface area contributed by atoms with E-state index in [4.69, 9.17) is 4.52 Å². The molecule has 0 aliphatic heterocycles. The number of nitrogens with zero attached hydrogens (tertiary/aromatic N) is 3. The summed E-state index contributed by atoms with van der Waals surface area (Å²) in [6, 6.07) is 3.30. The smallest absolute Gasteiger partial charge is 0.246 e. The summed E-state index contributed by atoms with van der Waals surface area (Å²) in [4.78, 5) is 7.99. The lowest BCUT2D eigenvalue weighted by Gasteiger charge is -2.11. The number of hydrogen-bond donors (Lipinski definition) is 2. The van der Waals surface area contributed by atoms with Gasteiger partial charge < -0.3 is 15.2 Å². The second kappa shape index (κ2) is 8.61. The molecule has 9 heteroatoms. The van der Waals surface area contributed by atoms with E-state index in [2.05, 4.69) is 25.8 Å². The fourth-order valence-corrected chi connectivity index (χ4v) is 1.65. The Morgan fingerprint density at radius 2 is 2.00 bits per heavy atom. The summed E-state index contributed by atoms with van der Waals surface area (Å²) in [6.45, 7) is 2.10. The van der Waals surface area contributed by atoms with Crippen molar-refractivity contribution in [3.05, 3.63) is 47.1 Å². The Balaban J connectivity index is 0.00000242. The van der Waals surface area contributed by atoms with E-state index in [1.807, 2.05) is 0 Å². The zero-order chi connectivity index (χ0) is 15.2. The van der Waals surface area contributed by atoms with Gasteiger partial charge in [-0.1, -0.05) is 5.16 Å². The van der Waals surface area contributed by atoms with Gasteiger partial charge in [0.25, 0.3) is 0 Å². The number of nitrogens with one attached hydrogen (secondary N) is 2. The maximum absolute atomic E-state index is 13.5. The van der Waals surface area contributed by atoms with E-state index in [1.165, 1.54) is 0 Å². The summed E-state index contributed by atoms with van der Waals surface area (Å²) in [5.41, 5.74) is 0.214. The van der Waals surface area contributed by atoms with Crippen molar-refractivity contribution in [2.75, 3.05) is 7.05 Å². The van der Waals surface area contributed by atoms with Crippen LogP contribution in [-0.2, 0) is 13.1 Å². The minimum Gasteiger partial charge on any atom is -0.352 e. The molecule has 0 aliphatic rings. The highest BCUT2D eigenvalue weighted by atomic mass is 127. The van der Waals surface area contributed by atoms with Crippen LogP contribution in [-0.4, -0.2) is 23.1 Å². The molecule has 22 heavy (non-hydrogen) atoms. The van der Waals surface area contributed by atoms with Crippen molar-refractivity contribution in [1.29, 1.82) is 0 Å². The summed E-state index contributed by atoms with van der Waals surface area (Å²) >= 11 is 0. The Hall–Kier alpha value is -1.78. The van der Waals surface area contributed by atoms with E-state index in [1.54, 1.807) is 14.0 Å². The SMILES string of the molecule is CN=C(NCc1nc(C)no1)NCc1cc(F)ccc1F.I. The highest BCUT2D eigenvalue weighted by molar-refractivity contribution is 14.0. The molecule has 0 fully saturated rings.